The monoisotopic (exact) mass is 316 g/mol. The van der Waals surface area contributed by atoms with Crippen LogP contribution >= 0.6 is 46.7 Å². The van der Waals surface area contributed by atoms with Crippen LogP contribution in [-0.2, 0) is 0 Å². The molecule has 0 amide bonds. The fraction of sp³-hybridized carbons (Fsp3) is 0.250. The van der Waals surface area contributed by atoms with Crippen molar-refractivity contribution >= 4 is 46.7 Å². The van der Waals surface area contributed by atoms with Crippen molar-refractivity contribution in [2.75, 3.05) is 11.5 Å². The Morgan fingerprint density at radius 2 is 1.94 bits per heavy atom. The molecule has 0 aliphatic carbocycles. The Morgan fingerprint density at radius 1 is 1.28 bits per heavy atom. The number of thioether (sulfide) groups is 2. The molecule has 1 aliphatic rings. The molecule has 2 N–H and O–H groups in total. The molecular formula is C12H10Cl2N2S2. The summed E-state index contributed by atoms with van der Waals surface area (Å²) in [5.74, 6) is 1.79. The summed E-state index contributed by atoms with van der Waals surface area (Å²) in [7, 11) is 0. The predicted molar refractivity (Wildman–Crippen MR) is 80.9 cm³/mol. The molecule has 0 fully saturated rings. The van der Waals surface area contributed by atoms with Gasteiger partial charge in [-0.15, -0.1) is 23.5 Å². The fourth-order valence-corrected chi connectivity index (χ4v) is 4.79. The Bertz CT molecular complexity index is 517. The zero-order valence-electron chi connectivity index (χ0n) is 9.32. The van der Waals surface area contributed by atoms with Crippen molar-refractivity contribution in [3.8, 4) is 6.07 Å². The lowest BCUT2D eigenvalue weighted by atomic mass is 10.1. The van der Waals surface area contributed by atoms with Crippen molar-refractivity contribution in [2.24, 2.45) is 5.73 Å². The van der Waals surface area contributed by atoms with Gasteiger partial charge >= 0.3 is 0 Å². The van der Waals surface area contributed by atoms with Crippen LogP contribution in [0.5, 0.6) is 0 Å². The molecule has 0 spiro atoms. The van der Waals surface area contributed by atoms with Gasteiger partial charge < -0.3 is 5.73 Å². The van der Waals surface area contributed by atoms with E-state index >= 15 is 0 Å². The molecule has 1 aliphatic heterocycles. The van der Waals surface area contributed by atoms with Crippen molar-refractivity contribution in [1.82, 2.24) is 0 Å². The lowest BCUT2D eigenvalue weighted by molar-refractivity contribution is 1.14. The number of hydrogen-bond acceptors (Lipinski definition) is 4. The Kier molecular flexibility index (Phi) is 4.74. The summed E-state index contributed by atoms with van der Waals surface area (Å²) in [6.45, 7) is 0. The molecule has 0 radical (unpaired) electrons. The van der Waals surface area contributed by atoms with Crippen LogP contribution in [0.1, 0.15) is 10.8 Å². The van der Waals surface area contributed by atoms with Crippen molar-refractivity contribution in [2.45, 2.75) is 5.25 Å². The molecule has 0 bridgehead atoms. The Morgan fingerprint density at radius 3 is 2.56 bits per heavy atom. The van der Waals surface area contributed by atoms with E-state index in [1.165, 1.54) is 11.8 Å². The van der Waals surface area contributed by atoms with Crippen LogP contribution in [0, 0.1) is 11.3 Å². The predicted octanol–water partition coefficient (Wildman–Crippen LogP) is 4.21. The van der Waals surface area contributed by atoms with E-state index in [9.17, 15) is 5.26 Å². The van der Waals surface area contributed by atoms with Gasteiger partial charge in [0.25, 0.3) is 0 Å². The number of nitrogens with zero attached hydrogens (tertiary/aromatic N) is 1. The van der Waals surface area contributed by atoms with Crippen LogP contribution in [0.15, 0.2) is 28.8 Å². The molecule has 1 aromatic carbocycles. The summed E-state index contributed by atoms with van der Waals surface area (Å²) < 4.78 is 0. The van der Waals surface area contributed by atoms with Crippen molar-refractivity contribution in [3.63, 3.8) is 0 Å². The maximum Gasteiger partial charge on any atom is 0.0990 e. The SMILES string of the molecule is N#CC1=C(N)SCCSC1c1c(Cl)cccc1Cl. The Labute approximate surface area is 125 Å². The van der Waals surface area contributed by atoms with E-state index in [1.54, 1.807) is 30.0 Å². The van der Waals surface area contributed by atoms with Crippen LogP contribution in [-0.4, -0.2) is 11.5 Å². The van der Waals surface area contributed by atoms with Crippen LogP contribution in [0.3, 0.4) is 0 Å². The van der Waals surface area contributed by atoms with E-state index in [-0.39, 0.29) is 5.25 Å². The summed E-state index contributed by atoms with van der Waals surface area (Å²) in [5.41, 5.74) is 7.28. The van der Waals surface area contributed by atoms with E-state index < -0.39 is 0 Å². The zero-order chi connectivity index (χ0) is 13.1. The quantitative estimate of drug-likeness (QED) is 0.843. The number of halogens is 2. The third-order valence-corrected chi connectivity index (χ3v) is 5.64. The van der Waals surface area contributed by atoms with E-state index in [2.05, 4.69) is 6.07 Å². The minimum atomic E-state index is -0.175. The Hall–Kier alpha value is -0.470. The minimum Gasteiger partial charge on any atom is -0.393 e. The van der Waals surface area contributed by atoms with Crippen molar-refractivity contribution in [1.29, 1.82) is 5.26 Å². The highest BCUT2D eigenvalue weighted by molar-refractivity contribution is 8.06. The van der Waals surface area contributed by atoms with Gasteiger partial charge in [-0.1, -0.05) is 29.3 Å². The zero-order valence-corrected chi connectivity index (χ0v) is 12.5. The second-order valence-corrected chi connectivity index (χ2v) is 6.79. The van der Waals surface area contributed by atoms with Gasteiger partial charge in [0.05, 0.1) is 21.9 Å². The smallest absolute Gasteiger partial charge is 0.0990 e. The second kappa shape index (κ2) is 6.12. The van der Waals surface area contributed by atoms with E-state index in [0.29, 0.717) is 20.6 Å². The Balaban J connectivity index is 2.54. The number of nitrogens with two attached hydrogens (primary N) is 1. The molecule has 1 aromatic rings. The lowest BCUT2D eigenvalue weighted by Crippen LogP contribution is -2.04. The molecule has 0 saturated heterocycles. The molecule has 18 heavy (non-hydrogen) atoms. The molecule has 1 atom stereocenters. The van der Waals surface area contributed by atoms with Gasteiger partial charge in [-0.3, -0.25) is 0 Å². The summed E-state index contributed by atoms with van der Waals surface area (Å²) in [5, 5.41) is 10.8. The van der Waals surface area contributed by atoms with Crippen molar-refractivity contribution < 1.29 is 0 Å². The fourth-order valence-electron chi connectivity index (χ4n) is 1.71. The van der Waals surface area contributed by atoms with Gasteiger partial charge in [0.1, 0.15) is 0 Å². The highest BCUT2D eigenvalue weighted by Crippen LogP contribution is 2.46. The third-order valence-electron chi connectivity index (χ3n) is 2.54. The first kappa shape index (κ1) is 14.0. The maximum absolute atomic E-state index is 9.30. The van der Waals surface area contributed by atoms with Crippen molar-refractivity contribution in [3.05, 3.63) is 44.4 Å². The summed E-state index contributed by atoms with van der Waals surface area (Å²) in [6, 6.07) is 7.56. The molecule has 6 heteroatoms. The first-order valence-electron chi connectivity index (χ1n) is 5.23. The lowest BCUT2D eigenvalue weighted by Gasteiger charge is -2.17. The minimum absolute atomic E-state index is 0.175. The molecular weight excluding hydrogens is 307 g/mol. The second-order valence-electron chi connectivity index (χ2n) is 3.62. The topological polar surface area (TPSA) is 49.8 Å². The number of rotatable bonds is 1. The van der Waals surface area contributed by atoms with Crippen LogP contribution in [0.4, 0.5) is 0 Å². The number of hydrogen-bond donors (Lipinski definition) is 1. The average Bonchev–Trinajstić information content (AvgIpc) is 2.51. The van der Waals surface area contributed by atoms with Gasteiger partial charge in [-0.25, -0.2) is 0 Å². The normalized spacial score (nSPS) is 20.4. The largest absolute Gasteiger partial charge is 0.393 e. The van der Waals surface area contributed by atoms with E-state index in [0.717, 1.165) is 17.1 Å². The van der Waals surface area contributed by atoms with E-state index in [4.69, 9.17) is 28.9 Å². The third kappa shape index (κ3) is 2.75. The molecule has 94 valence electrons. The highest BCUT2D eigenvalue weighted by Gasteiger charge is 2.26. The maximum atomic E-state index is 9.30. The molecule has 0 saturated carbocycles. The molecule has 0 aromatic heterocycles. The molecule has 2 rings (SSSR count). The number of benzene rings is 1. The van der Waals surface area contributed by atoms with Crippen LogP contribution in [0.25, 0.3) is 0 Å². The summed E-state index contributed by atoms with van der Waals surface area (Å²) >= 11 is 15.6. The number of nitriles is 1. The summed E-state index contributed by atoms with van der Waals surface area (Å²) in [6.07, 6.45) is 0. The van der Waals surface area contributed by atoms with Gasteiger partial charge in [-0.05, 0) is 12.1 Å². The van der Waals surface area contributed by atoms with Gasteiger partial charge in [0.2, 0.25) is 0 Å². The molecule has 2 nitrogen and oxygen atoms in total. The van der Waals surface area contributed by atoms with Crippen LogP contribution in [0.2, 0.25) is 10.0 Å². The average molecular weight is 317 g/mol. The van der Waals surface area contributed by atoms with Gasteiger partial charge in [-0.2, -0.15) is 5.26 Å². The van der Waals surface area contributed by atoms with Gasteiger partial charge in [0, 0.05) is 27.1 Å². The summed E-state index contributed by atoms with van der Waals surface area (Å²) in [4.78, 5) is 0. The van der Waals surface area contributed by atoms with E-state index in [1.807, 2.05) is 0 Å². The first-order chi connectivity index (χ1) is 8.65. The van der Waals surface area contributed by atoms with Crippen LogP contribution < -0.4 is 5.73 Å². The molecule has 1 heterocycles. The van der Waals surface area contributed by atoms with Gasteiger partial charge in [0.15, 0.2) is 0 Å². The highest BCUT2D eigenvalue weighted by atomic mass is 35.5. The standard InChI is InChI=1S/C12H10Cl2N2S2/c13-8-2-1-3-9(14)10(8)11-7(6-15)12(16)18-5-4-17-11/h1-3,11H,4-5,16H2. The first-order valence-corrected chi connectivity index (χ1v) is 8.02. The molecule has 1 unspecified atom stereocenters.